The van der Waals surface area contributed by atoms with Gasteiger partial charge in [0.2, 0.25) is 0 Å². The molecule has 0 bridgehead atoms. The van der Waals surface area contributed by atoms with Crippen molar-refractivity contribution in [2.75, 3.05) is 6.54 Å². The molecule has 2 heteroatoms. The second kappa shape index (κ2) is 3.23. The van der Waals surface area contributed by atoms with E-state index in [1.54, 1.807) is 0 Å². The van der Waals surface area contributed by atoms with Gasteiger partial charge in [-0.05, 0) is 37.4 Å². The normalized spacial score (nSPS) is 22.9. The Hall–Kier alpha value is -0.890. The van der Waals surface area contributed by atoms with Crippen molar-refractivity contribution in [3.63, 3.8) is 0 Å². The molecule has 12 heavy (non-hydrogen) atoms. The minimum atomic E-state index is 0.553. The van der Waals surface area contributed by atoms with Crippen LogP contribution < -0.4 is 5.32 Å². The van der Waals surface area contributed by atoms with Crippen LogP contribution in [0, 0.1) is 6.92 Å². The summed E-state index contributed by atoms with van der Waals surface area (Å²) in [5.74, 6) is 0. The van der Waals surface area contributed by atoms with Crippen LogP contribution in [0.3, 0.4) is 0 Å². The fourth-order valence-electron chi connectivity index (χ4n) is 1.74. The molecule has 2 heterocycles. The minimum Gasteiger partial charge on any atom is -0.310 e. The summed E-state index contributed by atoms with van der Waals surface area (Å²) < 4.78 is 0. The van der Waals surface area contributed by atoms with Crippen molar-refractivity contribution in [1.82, 2.24) is 10.3 Å². The van der Waals surface area contributed by atoms with Gasteiger partial charge in [0.25, 0.3) is 0 Å². The predicted octanol–water partition coefficient (Wildman–Crippen LogP) is 1.81. The van der Waals surface area contributed by atoms with Crippen LogP contribution in [0.5, 0.6) is 0 Å². The zero-order valence-corrected chi connectivity index (χ0v) is 7.38. The van der Waals surface area contributed by atoms with Crippen LogP contribution in [0.4, 0.5) is 0 Å². The average Bonchev–Trinajstić information content (AvgIpc) is 2.56. The Morgan fingerprint density at radius 2 is 2.42 bits per heavy atom. The number of aryl methyl sites for hydroxylation is 1. The Kier molecular flexibility index (Phi) is 2.09. The summed E-state index contributed by atoms with van der Waals surface area (Å²) in [7, 11) is 0. The highest BCUT2D eigenvalue weighted by Crippen LogP contribution is 2.22. The minimum absolute atomic E-state index is 0.553. The van der Waals surface area contributed by atoms with Crippen LogP contribution in [0.25, 0.3) is 0 Å². The number of nitrogens with one attached hydrogen (secondary N) is 1. The van der Waals surface area contributed by atoms with E-state index in [1.807, 2.05) is 12.4 Å². The van der Waals surface area contributed by atoms with Gasteiger partial charge in [-0.3, -0.25) is 4.98 Å². The lowest BCUT2D eigenvalue weighted by Gasteiger charge is -2.09. The van der Waals surface area contributed by atoms with Gasteiger partial charge in [0.15, 0.2) is 0 Å². The van der Waals surface area contributed by atoms with Crippen molar-refractivity contribution in [2.45, 2.75) is 25.8 Å². The summed E-state index contributed by atoms with van der Waals surface area (Å²) >= 11 is 0. The maximum Gasteiger partial charge on any atom is 0.0336 e. The first-order chi connectivity index (χ1) is 5.86. The number of hydrogen-bond donors (Lipinski definition) is 1. The van der Waals surface area contributed by atoms with Crippen LogP contribution in [-0.2, 0) is 0 Å². The third-order valence-electron chi connectivity index (χ3n) is 2.36. The molecule has 1 aliphatic heterocycles. The highest BCUT2D eigenvalue weighted by molar-refractivity contribution is 5.20. The summed E-state index contributed by atoms with van der Waals surface area (Å²) in [6.45, 7) is 3.24. The molecule has 0 radical (unpaired) electrons. The first-order valence-corrected chi connectivity index (χ1v) is 4.51. The quantitative estimate of drug-likeness (QED) is 0.681. The van der Waals surface area contributed by atoms with Crippen LogP contribution in [0.15, 0.2) is 18.5 Å². The second-order valence-electron chi connectivity index (χ2n) is 3.44. The smallest absolute Gasteiger partial charge is 0.0336 e. The van der Waals surface area contributed by atoms with E-state index >= 15 is 0 Å². The van der Waals surface area contributed by atoms with Crippen molar-refractivity contribution in [3.05, 3.63) is 29.6 Å². The van der Waals surface area contributed by atoms with E-state index in [4.69, 9.17) is 0 Å². The molecular weight excluding hydrogens is 148 g/mol. The average molecular weight is 162 g/mol. The monoisotopic (exact) mass is 162 g/mol. The largest absolute Gasteiger partial charge is 0.310 e. The van der Waals surface area contributed by atoms with Gasteiger partial charge in [-0.1, -0.05) is 6.07 Å². The lowest BCUT2D eigenvalue weighted by atomic mass is 10.1. The van der Waals surface area contributed by atoms with E-state index in [0.717, 1.165) is 6.54 Å². The number of pyridine rings is 1. The molecule has 2 nitrogen and oxygen atoms in total. The molecule has 0 unspecified atom stereocenters. The molecule has 0 saturated carbocycles. The lowest BCUT2D eigenvalue weighted by molar-refractivity contribution is 0.644. The number of rotatable bonds is 1. The summed E-state index contributed by atoms with van der Waals surface area (Å²) in [6, 6.07) is 2.77. The van der Waals surface area contributed by atoms with E-state index in [-0.39, 0.29) is 0 Å². The van der Waals surface area contributed by atoms with Gasteiger partial charge in [0.05, 0.1) is 0 Å². The van der Waals surface area contributed by atoms with Crippen molar-refractivity contribution in [3.8, 4) is 0 Å². The molecule has 2 rings (SSSR count). The van der Waals surface area contributed by atoms with Crippen LogP contribution in [-0.4, -0.2) is 11.5 Å². The molecular formula is C10H14N2. The number of aromatic nitrogens is 1. The van der Waals surface area contributed by atoms with Crippen LogP contribution in [0.2, 0.25) is 0 Å². The molecule has 64 valence electrons. The molecule has 0 amide bonds. The fraction of sp³-hybridized carbons (Fsp3) is 0.500. The molecule has 1 fully saturated rings. The van der Waals surface area contributed by atoms with Gasteiger partial charge in [-0.2, -0.15) is 0 Å². The standard InChI is InChI=1S/C10H14N2/c1-8-5-9(7-11-6-8)10-3-2-4-12-10/h5-7,10,12H,2-4H2,1H3/t10-/m0/s1. The highest BCUT2D eigenvalue weighted by atomic mass is 14.9. The van der Waals surface area contributed by atoms with E-state index in [1.165, 1.54) is 24.0 Å². The SMILES string of the molecule is Cc1cncc([C@@H]2CCCN2)c1. The van der Waals surface area contributed by atoms with Gasteiger partial charge in [-0.15, -0.1) is 0 Å². The van der Waals surface area contributed by atoms with E-state index < -0.39 is 0 Å². The van der Waals surface area contributed by atoms with Crippen LogP contribution in [0.1, 0.15) is 30.0 Å². The Morgan fingerprint density at radius 1 is 1.50 bits per heavy atom. The second-order valence-corrected chi connectivity index (χ2v) is 3.44. The first kappa shape index (κ1) is 7.74. The zero-order chi connectivity index (χ0) is 8.39. The van der Waals surface area contributed by atoms with Crippen molar-refractivity contribution in [1.29, 1.82) is 0 Å². The van der Waals surface area contributed by atoms with E-state index in [0.29, 0.717) is 6.04 Å². The van der Waals surface area contributed by atoms with E-state index in [2.05, 4.69) is 23.3 Å². The van der Waals surface area contributed by atoms with E-state index in [9.17, 15) is 0 Å². The molecule has 1 saturated heterocycles. The molecule has 0 spiro atoms. The predicted molar refractivity (Wildman–Crippen MR) is 49.0 cm³/mol. The van der Waals surface area contributed by atoms with Gasteiger partial charge in [0, 0.05) is 18.4 Å². The Balaban J connectivity index is 2.21. The number of nitrogens with zero attached hydrogens (tertiary/aromatic N) is 1. The van der Waals surface area contributed by atoms with Gasteiger partial charge in [-0.25, -0.2) is 0 Å². The summed E-state index contributed by atoms with van der Waals surface area (Å²) in [4.78, 5) is 4.19. The third kappa shape index (κ3) is 1.48. The molecule has 1 aromatic rings. The molecule has 1 aromatic heterocycles. The first-order valence-electron chi connectivity index (χ1n) is 4.51. The lowest BCUT2D eigenvalue weighted by Crippen LogP contribution is -2.12. The highest BCUT2D eigenvalue weighted by Gasteiger charge is 2.15. The fourth-order valence-corrected chi connectivity index (χ4v) is 1.74. The Bertz CT molecular complexity index is 264. The summed E-state index contributed by atoms with van der Waals surface area (Å²) in [5, 5.41) is 3.46. The van der Waals surface area contributed by atoms with Crippen molar-refractivity contribution >= 4 is 0 Å². The maximum absolute atomic E-state index is 4.19. The van der Waals surface area contributed by atoms with Crippen LogP contribution >= 0.6 is 0 Å². The van der Waals surface area contributed by atoms with Gasteiger partial charge >= 0.3 is 0 Å². The Labute approximate surface area is 73.0 Å². The molecule has 1 atom stereocenters. The van der Waals surface area contributed by atoms with Crippen molar-refractivity contribution < 1.29 is 0 Å². The molecule has 1 N–H and O–H groups in total. The molecule has 1 aliphatic rings. The molecule has 0 aliphatic carbocycles. The molecule has 0 aromatic carbocycles. The van der Waals surface area contributed by atoms with Gasteiger partial charge in [0.1, 0.15) is 0 Å². The van der Waals surface area contributed by atoms with Crippen molar-refractivity contribution in [2.24, 2.45) is 0 Å². The van der Waals surface area contributed by atoms with Gasteiger partial charge < -0.3 is 5.32 Å². The summed E-state index contributed by atoms with van der Waals surface area (Å²) in [5.41, 5.74) is 2.59. The zero-order valence-electron chi connectivity index (χ0n) is 7.38. The maximum atomic E-state index is 4.19. The number of hydrogen-bond acceptors (Lipinski definition) is 2. The topological polar surface area (TPSA) is 24.9 Å². The Morgan fingerprint density at radius 3 is 3.08 bits per heavy atom. The third-order valence-corrected chi connectivity index (χ3v) is 2.36. The summed E-state index contributed by atoms with van der Waals surface area (Å²) in [6.07, 6.45) is 6.41.